The smallest absolute Gasteiger partial charge is 0.305 e. The zero-order chi connectivity index (χ0) is 15.4. The number of carboxylic acids is 1. The summed E-state index contributed by atoms with van der Waals surface area (Å²) in [6.07, 6.45) is 3.03. The molecular weight excluding hydrogens is 292 g/mol. The van der Waals surface area contributed by atoms with E-state index in [-0.39, 0.29) is 24.9 Å². The minimum absolute atomic E-state index is 0.0807. The van der Waals surface area contributed by atoms with Gasteiger partial charge < -0.3 is 14.4 Å². The molecule has 1 N–H and O–H groups in total. The average Bonchev–Trinajstić information content (AvgIpc) is 3.09. The van der Waals surface area contributed by atoms with Gasteiger partial charge in [-0.3, -0.25) is 9.59 Å². The first-order chi connectivity index (χ1) is 9.99. The van der Waals surface area contributed by atoms with E-state index in [0.717, 1.165) is 5.56 Å². The van der Waals surface area contributed by atoms with E-state index in [1.807, 2.05) is 13.8 Å². The summed E-state index contributed by atoms with van der Waals surface area (Å²) in [5.41, 5.74) is 1.15. The molecule has 0 aliphatic rings. The molecular formula is C14H16N2O4S. The number of hydrogen-bond acceptors (Lipinski definition) is 5. The summed E-state index contributed by atoms with van der Waals surface area (Å²) in [6.45, 7) is 3.87. The standard InChI is InChI=1S/C14H16N2O4S/c1-9(2)16(5-3-12(17)18)14(19)11-8-21-13(15-11)10-4-6-20-7-10/h4,6-9H,3,5H2,1-2H3,(H,17,18). The Morgan fingerprint density at radius 2 is 2.24 bits per heavy atom. The van der Waals surface area contributed by atoms with Crippen molar-refractivity contribution in [1.29, 1.82) is 0 Å². The van der Waals surface area contributed by atoms with Crippen LogP contribution >= 0.6 is 11.3 Å². The fraction of sp³-hybridized carbons (Fsp3) is 0.357. The number of furan rings is 1. The molecule has 0 spiro atoms. The first kappa shape index (κ1) is 15.2. The van der Waals surface area contributed by atoms with Gasteiger partial charge in [-0.15, -0.1) is 11.3 Å². The summed E-state index contributed by atoms with van der Waals surface area (Å²) in [5.74, 6) is -1.18. The molecule has 0 saturated heterocycles. The van der Waals surface area contributed by atoms with Crippen LogP contribution < -0.4 is 0 Å². The van der Waals surface area contributed by atoms with Crippen LogP contribution in [0.3, 0.4) is 0 Å². The molecule has 0 unspecified atom stereocenters. The van der Waals surface area contributed by atoms with Crippen molar-refractivity contribution in [3.63, 3.8) is 0 Å². The third kappa shape index (κ3) is 3.69. The minimum Gasteiger partial charge on any atom is -0.481 e. The van der Waals surface area contributed by atoms with Crippen LogP contribution in [0, 0.1) is 0 Å². The summed E-state index contributed by atoms with van der Waals surface area (Å²) in [4.78, 5) is 28.9. The van der Waals surface area contributed by atoms with Crippen molar-refractivity contribution in [3.8, 4) is 10.6 Å². The number of amides is 1. The largest absolute Gasteiger partial charge is 0.481 e. The van der Waals surface area contributed by atoms with Gasteiger partial charge in [-0.25, -0.2) is 4.98 Å². The lowest BCUT2D eigenvalue weighted by Gasteiger charge is -2.25. The van der Waals surface area contributed by atoms with Crippen LogP contribution in [0.1, 0.15) is 30.8 Å². The predicted molar refractivity (Wildman–Crippen MR) is 78.2 cm³/mol. The van der Waals surface area contributed by atoms with Gasteiger partial charge in [0.25, 0.3) is 5.91 Å². The number of carboxylic acid groups (broad SMARTS) is 1. The highest BCUT2D eigenvalue weighted by molar-refractivity contribution is 7.13. The number of carbonyl (C=O) groups is 2. The number of aliphatic carboxylic acids is 1. The Kier molecular flexibility index (Phi) is 4.74. The minimum atomic E-state index is -0.925. The topological polar surface area (TPSA) is 83.6 Å². The van der Waals surface area contributed by atoms with Crippen LogP contribution in [0.5, 0.6) is 0 Å². The first-order valence-electron chi connectivity index (χ1n) is 6.50. The molecule has 0 saturated carbocycles. The van der Waals surface area contributed by atoms with Crippen molar-refractivity contribution in [2.24, 2.45) is 0 Å². The normalized spacial score (nSPS) is 10.8. The van der Waals surface area contributed by atoms with Crippen molar-refractivity contribution in [2.45, 2.75) is 26.3 Å². The molecule has 112 valence electrons. The van der Waals surface area contributed by atoms with Crippen LogP contribution in [0.15, 0.2) is 28.4 Å². The molecule has 0 bridgehead atoms. The highest BCUT2D eigenvalue weighted by Gasteiger charge is 2.22. The monoisotopic (exact) mass is 308 g/mol. The molecule has 2 aromatic rings. The highest BCUT2D eigenvalue weighted by atomic mass is 32.1. The van der Waals surface area contributed by atoms with Crippen LogP contribution in [0.4, 0.5) is 0 Å². The Morgan fingerprint density at radius 3 is 2.81 bits per heavy atom. The zero-order valence-electron chi connectivity index (χ0n) is 11.8. The van der Waals surface area contributed by atoms with Crippen molar-refractivity contribution < 1.29 is 19.1 Å². The number of aromatic nitrogens is 1. The second kappa shape index (κ2) is 6.53. The average molecular weight is 308 g/mol. The summed E-state index contributed by atoms with van der Waals surface area (Å²) >= 11 is 1.35. The second-order valence-electron chi connectivity index (χ2n) is 4.79. The molecule has 21 heavy (non-hydrogen) atoms. The van der Waals surface area contributed by atoms with Gasteiger partial charge in [0.15, 0.2) is 0 Å². The fourth-order valence-corrected chi connectivity index (χ4v) is 2.63. The SMILES string of the molecule is CC(C)N(CCC(=O)O)C(=O)c1csc(-c2ccoc2)n1. The molecule has 2 heterocycles. The van der Waals surface area contributed by atoms with Gasteiger partial charge in [-0.2, -0.15) is 0 Å². The Hall–Kier alpha value is -2.15. The van der Waals surface area contributed by atoms with Crippen molar-refractivity contribution >= 4 is 23.2 Å². The third-order valence-corrected chi connectivity index (χ3v) is 3.83. The van der Waals surface area contributed by atoms with E-state index in [0.29, 0.717) is 10.7 Å². The molecule has 0 fully saturated rings. The molecule has 2 aromatic heterocycles. The van der Waals surface area contributed by atoms with Crippen molar-refractivity contribution in [2.75, 3.05) is 6.54 Å². The van der Waals surface area contributed by atoms with E-state index in [9.17, 15) is 9.59 Å². The van der Waals surface area contributed by atoms with Gasteiger partial charge in [0, 0.05) is 23.5 Å². The lowest BCUT2D eigenvalue weighted by Crippen LogP contribution is -2.38. The van der Waals surface area contributed by atoms with Gasteiger partial charge in [0.2, 0.25) is 0 Å². The van der Waals surface area contributed by atoms with Crippen molar-refractivity contribution in [3.05, 3.63) is 29.7 Å². The predicted octanol–water partition coefficient (Wildman–Crippen LogP) is 2.73. The first-order valence-corrected chi connectivity index (χ1v) is 7.38. The second-order valence-corrected chi connectivity index (χ2v) is 5.64. The fourth-order valence-electron chi connectivity index (χ4n) is 1.85. The molecule has 1 amide bonds. The molecule has 6 nitrogen and oxygen atoms in total. The van der Waals surface area contributed by atoms with Gasteiger partial charge in [0.1, 0.15) is 17.0 Å². The Balaban J connectivity index is 2.15. The van der Waals surface area contributed by atoms with Gasteiger partial charge in [0.05, 0.1) is 12.7 Å². The van der Waals surface area contributed by atoms with Crippen LogP contribution in [-0.4, -0.2) is 39.5 Å². The molecule has 2 rings (SSSR count). The Bertz CT molecular complexity index is 619. The van der Waals surface area contributed by atoms with Crippen molar-refractivity contribution in [1.82, 2.24) is 9.88 Å². The maximum Gasteiger partial charge on any atom is 0.305 e. The molecule has 0 radical (unpaired) electrons. The van der Waals surface area contributed by atoms with Crippen LogP contribution in [0.2, 0.25) is 0 Å². The molecule has 0 aliphatic heterocycles. The number of nitrogens with zero attached hydrogens (tertiary/aromatic N) is 2. The molecule has 0 aromatic carbocycles. The number of rotatable bonds is 6. The maximum absolute atomic E-state index is 12.4. The number of hydrogen-bond donors (Lipinski definition) is 1. The van der Waals surface area contributed by atoms with E-state index < -0.39 is 5.97 Å². The van der Waals surface area contributed by atoms with E-state index in [4.69, 9.17) is 9.52 Å². The van der Waals surface area contributed by atoms with Gasteiger partial charge in [-0.1, -0.05) is 0 Å². The summed E-state index contributed by atoms with van der Waals surface area (Å²) < 4.78 is 5.00. The van der Waals surface area contributed by atoms with E-state index in [2.05, 4.69) is 4.98 Å². The van der Waals surface area contributed by atoms with E-state index >= 15 is 0 Å². The maximum atomic E-state index is 12.4. The summed E-state index contributed by atoms with van der Waals surface area (Å²) in [6, 6.07) is 1.69. The van der Waals surface area contributed by atoms with Gasteiger partial charge in [-0.05, 0) is 19.9 Å². The summed E-state index contributed by atoms with van der Waals surface area (Å²) in [5, 5.41) is 11.1. The number of thiazole rings is 1. The lowest BCUT2D eigenvalue weighted by molar-refractivity contribution is -0.137. The number of carbonyl (C=O) groups excluding carboxylic acids is 1. The summed E-state index contributed by atoms with van der Waals surface area (Å²) in [7, 11) is 0. The van der Waals surface area contributed by atoms with E-state index in [1.165, 1.54) is 16.2 Å². The zero-order valence-corrected chi connectivity index (χ0v) is 12.6. The van der Waals surface area contributed by atoms with Crippen LogP contribution in [0.25, 0.3) is 10.6 Å². The molecule has 7 heteroatoms. The molecule has 0 atom stereocenters. The highest BCUT2D eigenvalue weighted by Crippen LogP contribution is 2.24. The Morgan fingerprint density at radius 1 is 1.48 bits per heavy atom. The Labute approximate surface area is 126 Å². The molecule has 0 aliphatic carbocycles. The van der Waals surface area contributed by atoms with E-state index in [1.54, 1.807) is 24.0 Å². The lowest BCUT2D eigenvalue weighted by atomic mass is 10.2. The van der Waals surface area contributed by atoms with Gasteiger partial charge >= 0.3 is 5.97 Å². The quantitative estimate of drug-likeness (QED) is 0.887. The third-order valence-electron chi connectivity index (χ3n) is 2.94. The van der Waals surface area contributed by atoms with Crippen LogP contribution in [-0.2, 0) is 4.79 Å².